The lowest BCUT2D eigenvalue weighted by molar-refractivity contribution is -0.136. The lowest BCUT2D eigenvalue weighted by Crippen LogP contribution is -2.40. The van der Waals surface area contributed by atoms with Gasteiger partial charge in [0, 0.05) is 13.1 Å². The van der Waals surface area contributed by atoms with Gasteiger partial charge in [0.15, 0.2) is 0 Å². The molecule has 0 bridgehead atoms. The number of carbonyl (C=O) groups excluding carboxylic acids is 1. The molecule has 0 aromatic heterocycles. The van der Waals surface area contributed by atoms with Crippen molar-refractivity contribution in [3.8, 4) is 0 Å². The normalized spacial score (nSPS) is 18.6. The van der Waals surface area contributed by atoms with Gasteiger partial charge in [-0.05, 0) is 26.3 Å². The number of ether oxygens (including phenoxy) is 1. The number of hydrogen-bond donors (Lipinski definition) is 2. The third-order valence-electron chi connectivity index (χ3n) is 3.00. The second-order valence-electron chi connectivity index (χ2n) is 4.33. The summed E-state index contributed by atoms with van der Waals surface area (Å²) >= 11 is 0. The van der Waals surface area contributed by atoms with Crippen molar-refractivity contribution in [3.05, 3.63) is 0 Å². The molecule has 4 nitrogen and oxygen atoms in total. The van der Waals surface area contributed by atoms with Gasteiger partial charge in [0.05, 0.1) is 6.10 Å². The Morgan fingerprint density at radius 2 is 2.06 bits per heavy atom. The van der Waals surface area contributed by atoms with Gasteiger partial charge in [-0.3, -0.25) is 4.79 Å². The van der Waals surface area contributed by atoms with E-state index in [0.29, 0.717) is 12.6 Å². The minimum absolute atomic E-state index is 0.0321. The van der Waals surface area contributed by atoms with E-state index in [9.17, 15) is 4.79 Å². The highest BCUT2D eigenvalue weighted by molar-refractivity contribution is 5.80. The molecule has 0 spiro atoms. The number of carbonyl (C=O) groups is 1. The number of likely N-dealkylation sites (N-methyl/N-ethyl adjacent to an activating group) is 1. The Balaban J connectivity index is 2.25. The molecule has 1 fully saturated rings. The third-order valence-corrected chi connectivity index (χ3v) is 3.00. The Morgan fingerprint density at radius 1 is 1.38 bits per heavy atom. The van der Waals surface area contributed by atoms with E-state index in [1.54, 1.807) is 0 Å². The van der Waals surface area contributed by atoms with E-state index in [1.165, 1.54) is 12.8 Å². The van der Waals surface area contributed by atoms with Crippen LogP contribution in [0.5, 0.6) is 0 Å². The van der Waals surface area contributed by atoms with E-state index in [2.05, 4.69) is 10.6 Å². The Morgan fingerprint density at radius 3 is 2.62 bits per heavy atom. The van der Waals surface area contributed by atoms with Crippen LogP contribution in [0.4, 0.5) is 0 Å². The first kappa shape index (κ1) is 13.5. The maximum Gasteiger partial charge on any atom is 0.249 e. The molecule has 1 aliphatic rings. The van der Waals surface area contributed by atoms with Crippen molar-refractivity contribution in [2.45, 2.75) is 51.2 Å². The summed E-state index contributed by atoms with van der Waals surface area (Å²) in [5, 5.41) is 5.88. The zero-order valence-electron chi connectivity index (χ0n) is 10.4. The molecule has 1 atom stereocenters. The van der Waals surface area contributed by atoms with Crippen LogP contribution in [0, 0.1) is 0 Å². The maximum atomic E-state index is 11.8. The van der Waals surface area contributed by atoms with Crippen molar-refractivity contribution in [1.29, 1.82) is 0 Å². The highest BCUT2D eigenvalue weighted by atomic mass is 16.5. The summed E-state index contributed by atoms with van der Waals surface area (Å²) < 4.78 is 5.82. The first-order valence-corrected chi connectivity index (χ1v) is 6.35. The summed E-state index contributed by atoms with van der Waals surface area (Å²) in [6, 6.07) is 0. The van der Waals surface area contributed by atoms with Gasteiger partial charge < -0.3 is 15.4 Å². The zero-order valence-corrected chi connectivity index (χ0v) is 10.4. The summed E-state index contributed by atoms with van der Waals surface area (Å²) in [4.78, 5) is 11.8. The first-order chi connectivity index (χ1) is 7.77. The van der Waals surface area contributed by atoms with Crippen LogP contribution >= 0.6 is 0 Å². The van der Waals surface area contributed by atoms with Crippen LogP contribution in [-0.2, 0) is 9.53 Å². The molecule has 0 radical (unpaired) electrons. The first-order valence-electron chi connectivity index (χ1n) is 6.35. The zero-order chi connectivity index (χ0) is 11.8. The number of amides is 1. The Bertz CT molecular complexity index is 203. The van der Waals surface area contributed by atoms with Gasteiger partial charge in [-0.15, -0.1) is 0 Å². The van der Waals surface area contributed by atoms with Gasteiger partial charge in [-0.2, -0.15) is 0 Å². The van der Waals surface area contributed by atoms with Crippen LogP contribution in [0.25, 0.3) is 0 Å². The lowest BCUT2D eigenvalue weighted by Gasteiger charge is -2.20. The van der Waals surface area contributed by atoms with Gasteiger partial charge >= 0.3 is 0 Å². The van der Waals surface area contributed by atoms with Gasteiger partial charge in [0.25, 0.3) is 0 Å². The standard InChI is InChI=1S/C12H24N2O2/c1-3-11(12(15)14-9-8-13-2)16-10-6-4-5-7-10/h10-11,13H,3-9H2,1-2H3,(H,14,15). The molecule has 0 aromatic carbocycles. The molecule has 2 N–H and O–H groups in total. The smallest absolute Gasteiger partial charge is 0.249 e. The summed E-state index contributed by atoms with van der Waals surface area (Å²) in [6.45, 7) is 3.46. The highest BCUT2D eigenvalue weighted by Gasteiger charge is 2.23. The molecular weight excluding hydrogens is 204 g/mol. The predicted octanol–water partition coefficient (Wildman–Crippen LogP) is 1.06. The van der Waals surface area contributed by atoms with Crippen LogP contribution in [0.1, 0.15) is 39.0 Å². The second kappa shape index (κ2) is 7.63. The topological polar surface area (TPSA) is 50.4 Å². The van der Waals surface area contributed by atoms with Crippen LogP contribution < -0.4 is 10.6 Å². The minimum atomic E-state index is -0.264. The fraction of sp³-hybridized carbons (Fsp3) is 0.917. The highest BCUT2D eigenvalue weighted by Crippen LogP contribution is 2.22. The molecule has 0 heterocycles. The van der Waals surface area contributed by atoms with Crippen LogP contribution in [0.2, 0.25) is 0 Å². The monoisotopic (exact) mass is 228 g/mol. The molecule has 1 rings (SSSR count). The number of rotatable bonds is 7. The van der Waals surface area contributed by atoms with E-state index in [4.69, 9.17) is 4.74 Å². The molecule has 0 saturated heterocycles. The average Bonchev–Trinajstić information content (AvgIpc) is 2.78. The third kappa shape index (κ3) is 4.49. The van der Waals surface area contributed by atoms with Gasteiger partial charge in [0.2, 0.25) is 5.91 Å². The van der Waals surface area contributed by atoms with Crippen molar-refractivity contribution in [2.24, 2.45) is 0 Å². The SMILES string of the molecule is CCC(OC1CCCC1)C(=O)NCCNC. The van der Waals surface area contributed by atoms with Crippen molar-refractivity contribution in [2.75, 3.05) is 20.1 Å². The van der Waals surface area contributed by atoms with E-state index in [0.717, 1.165) is 25.8 Å². The molecule has 94 valence electrons. The largest absolute Gasteiger partial charge is 0.365 e. The quantitative estimate of drug-likeness (QED) is 0.641. The van der Waals surface area contributed by atoms with Crippen molar-refractivity contribution in [1.82, 2.24) is 10.6 Å². The molecule has 1 saturated carbocycles. The molecule has 4 heteroatoms. The van der Waals surface area contributed by atoms with E-state index in [1.807, 2.05) is 14.0 Å². The van der Waals surface area contributed by atoms with Gasteiger partial charge in [-0.25, -0.2) is 0 Å². The second-order valence-corrected chi connectivity index (χ2v) is 4.33. The predicted molar refractivity (Wildman–Crippen MR) is 64.4 cm³/mol. The van der Waals surface area contributed by atoms with E-state index < -0.39 is 0 Å². The molecule has 1 unspecified atom stereocenters. The Hall–Kier alpha value is -0.610. The summed E-state index contributed by atoms with van der Waals surface area (Å²) in [7, 11) is 1.87. The van der Waals surface area contributed by atoms with Crippen LogP contribution in [0.15, 0.2) is 0 Å². The van der Waals surface area contributed by atoms with Gasteiger partial charge in [0.1, 0.15) is 6.10 Å². The molecule has 1 aliphatic carbocycles. The lowest BCUT2D eigenvalue weighted by atomic mass is 10.2. The summed E-state index contributed by atoms with van der Waals surface area (Å²) in [5.41, 5.74) is 0. The molecule has 16 heavy (non-hydrogen) atoms. The Kier molecular flexibility index (Phi) is 6.42. The van der Waals surface area contributed by atoms with Crippen molar-refractivity contribution < 1.29 is 9.53 Å². The van der Waals surface area contributed by atoms with Crippen molar-refractivity contribution >= 4 is 5.91 Å². The number of nitrogens with one attached hydrogen (secondary N) is 2. The molecule has 0 aliphatic heterocycles. The summed E-state index contributed by atoms with van der Waals surface area (Å²) in [5.74, 6) is 0.0321. The maximum absolute atomic E-state index is 11.8. The van der Waals surface area contributed by atoms with E-state index in [-0.39, 0.29) is 12.0 Å². The fourth-order valence-corrected chi connectivity index (χ4v) is 2.02. The average molecular weight is 228 g/mol. The fourth-order valence-electron chi connectivity index (χ4n) is 2.02. The molecular formula is C12H24N2O2. The van der Waals surface area contributed by atoms with Crippen LogP contribution in [-0.4, -0.2) is 38.3 Å². The van der Waals surface area contributed by atoms with Gasteiger partial charge in [-0.1, -0.05) is 19.8 Å². The Labute approximate surface area is 98.1 Å². The minimum Gasteiger partial charge on any atom is -0.365 e. The van der Waals surface area contributed by atoms with Crippen LogP contribution in [0.3, 0.4) is 0 Å². The molecule has 0 aromatic rings. The van der Waals surface area contributed by atoms with E-state index >= 15 is 0 Å². The van der Waals surface area contributed by atoms with Crippen molar-refractivity contribution in [3.63, 3.8) is 0 Å². The summed E-state index contributed by atoms with van der Waals surface area (Å²) in [6.07, 6.45) is 5.49. The molecule has 1 amide bonds. The number of hydrogen-bond acceptors (Lipinski definition) is 3.